The molecule has 1 aliphatic carbocycles. The van der Waals surface area contributed by atoms with Crippen LogP contribution in [-0.2, 0) is 4.79 Å². The molecule has 34 heavy (non-hydrogen) atoms. The molecule has 2 aliphatic rings. The maximum Gasteiger partial charge on any atom is 0.262 e. The van der Waals surface area contributed by atoms with Crippen molar-refractivity contribution in [1.29, 1.82) is 0 Å². The zero-order valence-corrected chi connectivity index (χ0v) is 19.7. The second kappa shape index (κ2) is 10.1. The van der Waals surface area contributed by atoms with E-state index >= 15 is 0 Å². The molecule has 0 aromatic heterocycles. The van der Waals surface area contributed by atoms with Crippen molar-refractivity contribution in [3.05, 3.63) is 108 Å². The molecule has 2 unspecified atom stereocenters. The number of anilines is 1. The van der Waals surface area contributed by atoms with Gasteiger partial charge < -0.3 is 4.90 Å². The zero-order chi connectivity index (χ0) is 23.3. The average molecular weight is 450 g/mol. The molecule has 1 aliphatic heterocycles. The van der Waals surface area contributed by atoms with Crippen molar-refractivity contribution < 1.29 is 4.79 Å². The van der Waals surface area contributed by atoms with E-state index in [-0.39, 0.29) is 17.9 Å². The maximum absolute atomic E-state index is 13.7. The van der Waals surface area contributed by atoms with Gasteiger partial charge in [-0.3, -0.25) is 4.79 Å². The molecule has 1 fully saturated rings. The summed E-state index contributed by atoms with van der Waals surface area (Å²) in [4.78, 5) is 15.9. The molecular weight excluding hydrogens is 418 g/mol. The molecule has 1 heterocycles. The van der Waals surface area contributed by atoms with Crippen LogP contribution < -0.4 is 4.90 Å². The lowest BCUT2D eigenvalue weighted by Crippen LogP contribution is -2.39. The molecule has 4 nitrogen and oxygen atoms in total. The zero-order valence-electron chi connectivity index (χ0n) is 19.7. The number of benzene rings is 3. The molecule has 1 saturated carbocycles. The van der Waals surface area contributed by atoms with E-state index in [0.29, 0.717) is 6.54 Å². The lowest BCUT2D eigenvalue weighted by molar-refractivity contribution is -0.132. The van der Waals surface area contributed by atoms with E-state index in [4.69, 9.17) is 5.10 Å². The summed E-state index contributed by atoms with van der Waals surface area (Å²) in [5.74, 6) is 0.266. The Labute approximate surface area is 202 Å². The quantitative estimate of drug-likeness (QED) is 0.440. The van der Waals surface area contributed by atoms with E-state index in [1.165, 1.54) is 11.1 Å². The van der Waals surface area contributed by atoms with Crippen LogP contribution in [-0.4, -0.2) is 29.7 Å². The Bertz CT molecular complexity index is 1170. The number of nitrogens with zero attached hydrogens (tertiary/aromatic N) is 3. The summed E-state index contributed by atoms with van der Waals surface area (Å²) >= 11 is 0. The SMILES string of the molecule is CCN(CC(=O)N1N=C2/C(=C\c3ccccc3)CCCC2C1c1ccccc1)c1ccccc1. The Kier molecular flexibility index (Phi) is 6.57. The van der Waals surface area contributed by atoms with Gasteiger partial charge in [-0.15, -0.1) is 0 Å². The van der Waals surface area contributed by atoms with Crippen LogP contribution in [0.15, 0.2) is 102 Å². The molecule has 2 atom stereocenters. The van der Waals surface area contributed by atoms with Crippen molar-refractivity contribution in [2.45, 2.75) is 32.2 Å². The fraction of sp³-hybridized carbons (Fsp3) is 0.267. The first-order valence-corrected chi connectivity index (χ1v) is 12.3. The minimum atomic E-state index is -0.0577. The van der Waals surface area contributed by atoms with E-state index in [1.54, 1.807) is 5.01 Å². The van der Waals surface area contributed by atoms with E-state index in [9.17, 15) is 4.79 Å². The lowest BCUT2D eigenvalue weighted by Gasteiger charge is -2.31. The molecule has 0 N–H and O–H groups in total. The van der Waals surface area contributed by atoms with Gasteiger partial charge in [-0.1, -0.05) is 78.9 Å². The first-order valence-electron chi connectivity index (χ1n) is 12.3. The minimum Gasteiger partial charge on any atom is -0.362 e. The van der Waals surface area contributed by atoms with Gasteiger partial charge in [-0.2, -0.15) is 5.10 Å². The van der Waals surface area contributed by atoms with Crippen molar-refractivity contribution in [1.82, 2.24) is 5.01 Å². The number of para-hydroxylation sites is 1. The van der Waals surface area contributed by atoms with Crippen LogP contribution in [0.4, 0.5) is 5.69 Å². The van der Waals surface area contributed by atoms with E-state index in [1.807, 2.05) is 30.3 Å². The smallest absolute Gasteiger partial charge is 0.262 e. The highest BCUT2D eigenvalue weighted by Gasteiger charge is 2.43. The summed E-state index contributed by atoms with van der Waals surface area (Å²) in [5.41, 5.74) is 5.74. The van der Waals surface area contributed by atoms with E-state index < -0.39 is 0 Å². The monoisotopic (exact) mass is 449 g/mol. The van der Waals surface area contributed by atoms with Crippen LogP contribution in [0.3, 0.4) is 0 Å². The second-order valence-electron chi connectivity index (χ2n) is 9.01. The number of amides is 1. The Morgan fingerprint density at radius 2 is 1.62 bits per heavy atom. The van der Waals surface area contributed by atoms with Crippen LogP contribution in [0, 0.1) is 5.92 Å². The molecule has 0 spiro atoms. The predicted molar refractivity (Wildman–Crippen MR) is 140 cm³/mol. The third kappa shape index (κ3) is 4.54. The van der Waals surface area contributed by atoms with Gasteiger partial charge in [0.2, 0.25) is 0 Å². The van der Waals surface area contributed by atoms with E-state index in [0.717, 1.165) is 42.8 Å². The molecule has 3 aromatic carbocycles. The highest BCUT2D eigenvalue weighted by atomic mass is 16.2. The minimum absolute atomic E-state index is 0.0421. The number of rotatable bonds is 6. The standard InChI is InChI=1S/C30H31N3O/c1-2-32(26-18-10-5-11-19-26)22-28(34)33-30(24-15-8-4-9-16-24)27-20-12-17-25(29(27)31-33)21-23-13-6-3-7-14-23/h3-11,13-16,18-19,21,27,30H,2,12,17,20,22H2,1H3/b25-21-. The van der Waals surface area contributed by atoms with Gasteiger partial charge in [0.15, 0.2) is 0 Å². The summed E-state index contributed by atoms with van der Waals surface area (Å²) < 4.78 is 0. The fourth-order valence-corrected chi connectivity index (χ4v) is 5.20. The number of carbonyl (C=O) groups excluding carboxylic acids is 1. The van der Waals surface area contributed by atoms with E-state index in [2.05, 4.69) is 78.6 Å². The van der Waals surface area contributed by atoms with Crippen molar-refractivity contribution in [3.8, 4) is 0 Å². The molecule has 0 saturated heterocycles. The summed E-state index contributed by atoms with van der Waals surface area (Å²) in [7, 11) is 0. The number of hydrogen-bond donors (Lipinski definition) is 0. The van der Waals surface area contributed by atoms with Gasteiger partial charge in [0.1, 0.15) is 0 Å². The lowest BCUT2D eigenvalue weighted by atomic mass is 9.77. The first kappa shape index (κ1) is 22.1. The topological polar surface area (TPSA) is 35.9 Å². The van der Waals surface area contributed by atoms with Gasteiger partial charge in [-0.25, -0.2) is 5.01 Å². The Morgan fingerprint density at radius 1 is 0.971 bits per heavy atom. The largest absolute Gasteiger partial charge is 0.362 e. The number of carbonyl (C=O) groups is 1. The van der Waals surface area contributed by atoms with Crippen LogP contribution in [0.2, 0.25) is 0 Å². The van der Waals surface area contributed by atoms with Crippen molar-refractivity contribution in [2.75, 3.05) is 18.0 Å². The molecule has 0 radical (unpaired) electrons. The fourth-order valence-electron chi connectivity index (χ4n) is 5.20. The number of hydrogen-bond acceptors (Lipinski definition) is 3. The summed E-state index contributed by atoms with van der Waals surface area (Å²) in [5, 5.41) is 6.81. The van der Waals surface area contributed by atoms with Crippen molar-refractivity contribution in [3.63, 3.8) is 0 Å². The number of hydrazone groups is 1. The van der Waals surface area contributed by atoms with Crippen LogP contribution in [0.1, 0.15) is 43.4 Å². The molecule has 0 bridgehead atoms. The van der Waals surface area contributed by atoms with Gasteiger partial charge in [-0.05, 0) is 61.1 Å². The molecule has 4 heteroatoms. The molecular formula is C30H31N3O. The number of likely N-dealkylation sites (N-methyl/N-ethyl adjacent to an activating group) is 1. The number of allylic oxidation sites excluding steroid dienone is 1. The summed E-state index contributed by atoms with van der Waals surface area (Å²) in [6.45, 7) is 3.16. The average Bonchev–Trinajstić information content (AvgIpc) is 3.30. The van der Waals surface area contributed by atoms with Crippen molar-refractivity contribution >= 4 is 23.4 Å². The van der Waals surface area contributed by atoms with Crippen LogP contribution in [0.5, 0.6) is 0 Å². The molecule has 5 rings (SSSR count). The molecule has 3 aromatic rings. The summed E-state index contributed by atoms with van der Waals surface area (Å²) in [6.07, 6.45) is 5.41. The van der Waals surface area contributed by atoms with Gasteiger partial charge in [0.25, 0.3) is 5.91 Å². The highest BCUT2D eigenvalue weighted by Crippen LogP contribution is 2.44. The maximum atomic E-state index is 13.7. The Balaban J connectivity index is 1.49. The normalized spacial score (nSPS) is 20.7. The Hall–Kier alpha value is -3.66. The third-order valence-corrected chi connectivity index (χ3v) is 6.87. The molecule has 172 valence electrons. The van der Waals surface area contributed by atoms with Crippen LogP contribution in [0.25, 0.3) is 6.08 Å². The highest BCUT2D eigenvalue weighted by molar-refractivity contribution is 6.08. The van der Waals surface area contributed by atoms with Crippen molar-refractivity contribution in [2.24, 2.45) is 11.0 Å². The first-order chi connectivity index (χ1) is 16.7. The predicted octanol–water partition coefficient (Wildman–Crippen LogP) is 6.34. The second-order valence-corrected chi connectivity index (χ2v) is 9.01. The van der Waals surface area contributed by atoms with Crippen LogP contribution >= 0.6 is 0 Å². The Morgan fingerprint density at radius 3 is 2.29 bits per heavy atom. The molecule has 1 amide bonds. The third-order valence-electron chi connectivity index (χ3n) is 6.87. The van der Waals surface area contributed by atoms with Gasteiger partial charge >= 0.3 is 0 Å². The van der Waals surface area contributed by atoms with Gasteiger partial charge in [0.05, 0.1) is 18.3 Å². The van der Waals surface area contributed by atoms with Gasteiger partial charge in [0, 0.05) is 18.2 Å². The number of fused-ring (bicyclic) bond motifs is 1. The summed E-state index contributed by atoms with van der Waals surface area (Å²) in [6, 6.07) is 30.9.